The van der Waals surface area contributed by atoms with Crippen molar-refractivity contribution in [1.82, 2.24) is 9.88 Å². The fraction of sp³-hybridized carbons (Fsp3) is 0.333. The standard InChI is InChI=1S/C21H23ClN2O3/c22-18-2-1-3-19(11-18)27-15-21(25)13-24(8-9-26-14-21)12-16-4-5-20-17(10-16)6-7-23-20/h1-7,10-11,23,25H,8-9,12-15H2. The summed E-state index contributed by atoms with van der Waals surface area (Å²) in [7, 11) is 0. The number of ether oxygens (including phenoxy) is 2. The lowest BCUT2D eigenvalue weighted by Gasteiger charge is -2.30. The molecule has 1 aliphatic rings. The summed E-state index contributed by atoms with van der Waals surface area (Å²) in [5, 5.41) is 12.8. The molecule has 1 unspecified atom stereocenters. The first kappa shape index (κ1) is 18.3. The van der Waals surface area contributed by atoms with Gasteiger partial charge in [0.1, 0.15) is 18.0 Å². The highest BCUT2D eigenvalue weighted by Crippen LogP contribution is 2.22. The maximum atomic E-state index is 11.0. The summed E-state index contributed by atoms with van der Waals surface area (Å²) in [4.78, 5) is 5.42. The lowest BCUT2D eigenvalue weighted by molar-refractivity contribution is -0.0646. The fourth-order valence-electron chi connectivity index (χ4n) is 3.45. The molecule has 0 bridgehead atoms. The monoisotopic (exact) mass is 386 g/mol. The first-order valence-electron chi connectivity index (χ1n) is 9.07. The number of rotatable bonds is 5. The number of aromatic amines is 1. The van der Waals surface area contributed by atoms with E-state index in [1.807, 2.05) is 18.3 Å². The fourth-order valence-corrected chi connectivity index (χ4v) is 3.63. The van der Waals surface area contributed by atoms with E-state index in [2.05, 4.69) is 34.1 Å². The number of aliphatic hydroxyl groups is 1. The van der Waals surface area contributed by atoms with E-state index in [4.69, 9.17) is 21.1 Å². The number of benzene rings is 2. The van der Waals surface area contributed by atoms with Crippen LogP contribution in [0.5, 0.6) is 5.75 Å². The van der Waals surface area contributed by atoms with E-state index >= 15 is 0 Å². The Labute approximate surface area is 163 Å². The Balaban J connectivity index is 1.42. The maximum absolute atomic E-state index is 11.0. The zero-order chi connectivity index (χ0) is 18.7. The van der Waals surface area contributed by atoms with Crippen molar-refractivity contribution >= 4 is 22.5 Å². The Morgan fingerprint density at radius 3 is 3.04 bits per heavy atom. The van der Waals surface area contributed by atoms with Gasteiger partial charge >= 0.3 is 0 Å². The van der Waals surface area contributed by atoms with Crippen LogP contribution in [0.4, 0.5) is 0 Å². The molecule has 4 rings (SSSR count). The average Bonchev–Trinajstić information content (AvgIpc) is 3.03. The van der Waals surface area contributed by atoms with Crippen LogP contribution in [-0.2, 0) is 11.3 Å². The van der Waals surface area contributed by atoms with Crippen molar-refractivity contribution in [2.45, 2.75) is 12.1 Å². The van der Waals surface area contributed by atoms with Crippen LogP contribution in [0.1, 0.15) is 5.56 Å². The van der Waals surface area contributed by atoms with Crippen LogP contribution in [0.15, 0.2) is 54.7 Å². The van der Waals surface area contributed by atoms with Crippen molar-refractivity contribution in [1.29, 1.82) is 0 Å². The van der Waals surface area contributed by atoms with Crippen LogP contribution in [-0.4, -0.2) is 53.5 Å². The van der Waals surface area contributed by atoms with E-state index < -0.39 is 5.60 Å². The number of nitrogens with one attached hydrogen (secondary N) is 1. The highest BCUT2D eigenvalue weighted by atomic mass is 35.5. The van der Waals surface area contributed by atoms with Crippen LogP contribution < -0.4 is 4.74 Å². The van der Waals surface area contributed by atoms with Crippen molar-refractivity contribution in [3.8, 4) is 5.75 Å². The van der Waals surface area contributed by atoms with Crippen LogP contribution in [0, 0.1) is 0 Å². The maximum Gasteiger partial charge on any atom is 0.134 e. The van der Waals surface area contributed by atoms with Gasteiger partial charge in [0.05, 0.1) is 13.2 Å². The molecule has 6 heteroatoms. The van der Waals surface area contributed by atoms with Gasteiger partial charge in [0.15, 0.2) is 0 Å². The van der Waals surface area contributed by atoms with Gasteiger partial charge in [0.2, 0.25) is 0 Å². The normalized spacial score (nSPS) is 21.3. The molecule has 1 aromatic heterocycles. The van der Waals surface area contributed by atoms with E-state index in [0.717, 1.165) is 18.6 Å². The molecule has 2 heterocycles. The second-order valence-corrected chi connectivity index (χ2v) is 7.57. The second-order valence-electron chi connectivity index (χ2n) is 7.13. The summed E-state index contributed by atoms with van der Waals surface area (Å²) in [6.45, 7) is 3.00. The van der Waals surface area contributed by atoms with Gasteiger partial charge in [-0.15, -0.1) is 0 Å². The first-order valence-corrected chi connectivity index (χ1v) is 9.44. The molecule has 1 aliphatic heterocycles. The smallest absolute Gasteiger partial charge is 0.134 e. The van der Waals surface area contributed by atoms with E-state index in [-0.39, 0.29) is 13.2 Å². The molecule has 5 nitrogen and oxygen atoms in total. The van der Waals surface area contributed by atoms with Gasteiger partial charge in [-0.05, 0) is 47.3 Å². The van der Waals surface area contributed by atoms with Crippen LogP contribution >= 0.6 is 11.6 Å². The van der Waals surface area contributed by atoms with Gasteiger partial charge in [-0.3, -0.25) is 4.90 Å². The summed E-state index contributed by atoms with van der Waals surface area (Å²) in [6, 6.07) is 15.6. The second kappa shape index (κ2) is 7.90. The average molecular weight is 387 g/mol. The van der Waals surface area contributed by atoms with E-state index in [1.54, 1.807) is 12.1 Å². The number of hydrogen-bond donors (Lipinski definition) is 2. The number of nitrogens with zero attached hydrogens (tertiary/aromatic N) is 1. The van der Waals surface area contributed by atoms with Crippen LogP contribution in [0.25, 0.3) is 10.9 Å². The van der Waals surface area contributed by atoms with Gasteiger partial charge in [-0.25, -0.2) is 0 Å². The van der Waals surface area contributed by atoms with Gasteiger partial charge < -0.3 is 19.6 Å². The number of β-amino-alcohol motifs (C(OH)–C–C–N with tert-alkyl or cyclic N) is 1. The highest BCUT2D eigenvalue weighted by molar-refractivity contribution is 6.30. The largest absolute Gasteiger partial charge is 0.490 e. The molecule has 1 saturated heterocycles. The molecular formula is C21H23ClN2O3. The predicted molar refractivity (Wildman–Crippen MR) is 106 cm³/mol. The van der Waals surface area contributed by atoms with Crippen molar-refractivity contribution in [3.05, 3.63) is 65.3 Å². The lowest BCUT2D eigenvalue weighted by atomic mass is 10.1. The van der Waals surface area contributed by atoms with Crippen molar-refractivity contribution in [2.75, 3.05) is 32.9 Å². The zero-order valence-corrected chi connectivity index (χ0v) is 15.8. The van der Waals surface area contributed by atoms with E-state index in [9.17, 15) is 5.11 Å². The Morgan fingerprint density at radius 1 is 1.22 bits per heavy atom. The summed E-state index contributed by atoms with van der Waals surface area (Å²) in [5.41, 5.74) is 1.27. The zero-order valence-electron chi connectivity index (χ0n) is 15.0. The van der Waals surface area contributed by atoms with Crippen LogP contribution in [0.2, 0.25) is 5.02 Å². The van der Waals surface area contributed by atoms with Crippen LogP contribution in [0.3, 0.4) is 0 Å². The number of halogens is 1. The molecule has 1 atom stereocenters. The number of aromatic nitrogens is 1. The summed E-state index contributed by atoms with van der Waals surface area (Å²) < 4.78 is 11.4. The Kier molecular flexibility index (Phi) is 5.36. The number of hydrogen-bond acceptors (Lipinski definition) is 4. The van der Waals surface area contributed by atoms with Crippen molar-refractivity contribution in [2.24, 2.45) is 0 Å². The predicted octanol–water partition coefficient (Wildman–Crippen LogP) is 3.46. The van der Waals surface area contributed by atoms with Gasteiger partial charge in [0, 0.05) is 36.4 Å². The topological polar surface area (TPSA) is 57.7 Å². The highest BCUT2D eigenvalue weighted by Gasteiger charge is 2.33. The minimum Gasteiger partial charge on any atom is -0.490 e. The molecular weight excluding hydrogens is 364 g/mol. The summed E-state index contributed by atoms with van der Waals surface area (Å²) >= 11 is 6.00. The molecule has 142 valence electrons. The third-order valence-electron chi connectivity index (χ3n) is 4.77. The molecule has 1 fully saturated rings. The number of H-pyrrole nitrogens is 1. The van der Waals surface area contributed by atoms with Crippen molar-refractivity contribution in [3.63, 3.8) is 0 Å². The van der Waals surface area contributed by atoms with Gasteiger partial charge in [0.25, 0.3) is 0 Å². The molecule has 0 radical (unpaired) electrons. The van der Waals surface area contributed by atoms with Gasteiger partial charge in [-0.1, -0.05) is 23.7 Å². The minimum absolute atomic E-state index is 0.153. The third kappa shape index (κ3) is 4.62. The Bertz CT molecular complexity index is 913. The third-order valence-corrected chi connectivity index (χ3v) is 5.00. The Hall–Kier alpha value is -2.05. The molecule has 27 heavy (non-hydrogen) atoms. The molecule has 0 spiro atoms. The quantitative estimate of drug-likeness (QED) is 0.705. The molecule has 0 amide bonds. The lowest BCUT2D eigenvalue weighted by Crippen LogP contribution is -2.48. The molecule has 2 N–H and O–H groups in total. The molecule has 0 saturated carbocycles. The van der Waals surface area contributed by atoms with E-state index in [1.165, 1.54) is 10.9 Å². The first-order chi connectivity index (χ1) is 13.1. The Morgan fingerprint density at radius 2 is 2.15 bits per heavy atom. The van der Waals surface area contributed by atoms with E-state index in [0.29, 0.717) is 23.9 Å². The SMILES string of the molecule is OC1(COc2cccc(Cl)c2)COCCN(Cc2ccc3[nH]ccc3c2)C1. The molecule has 3 aromatic rings. The molecule has 2 aromatic carbocycles. The van der Waals surface area contributed by atoms with Gasteiger partial charge in [-0.2, -0.15) is 0 Å². The summed E-state index contributed by atoms with van der Waals surface area (Å²) in [5.74, 6) is 0.643. The molecule has 0 aliphatic carbocycles. The number of fused-ring (bicyclic) bond motifs is 1. The summed E-state index contributed by atoms with van der Waals surface area (Å²) in [6.07, 6.45) is 1.94. The van der Waals surface area contributed by atoms with Crippen molar-refractivity contribution < 1.29 is 14.6 Å². The minimum atomic E-state index is -1.07.